The Hall–Kier alpha value is -3.87. The predicted molar refractivity (Wildman–Crippen MR) is 112 cm³/mol. The molecule has 0 spiro atoms. The number of para-hydroxylation sites is 2. The van der Waals surface area contributed by atoms with E-state index in [2.05, 4.69) is 27.6 Å². The van der Waals surface area contributed by atoms with Crippen LogP contribution in [0.1, 0.15) is 11.1 Å². The lowest BCUT2D eigenvalue weighted by Gasteiger charge is -2.18. The van der Waals surface area contributed by atoms with Crippen molar-refractivity contribution in [3.05, 3.63) is 96.6 Å². The van der Waals surface area contributed by atoms with Gasteiger partial charge in [-0.1, -0.05) is 42.5 Å². The van der Waals surface area contributed by atoms with Crippen LogP contribution in [0.3, 0.4) is 0 Å². The van der Waals surface area contributed by atoms with Crippen LogP contribution in [-0.2, 0) is 13.1 Å². The first kappa shape index (κ1) is 18.5. The Balaban J connectivity index is 1.40. The molecule has 7 heteroatoms. The number of carbonyl (C=O) groups is 1. The van der Waals surface area contributed by atoms with Crippen LogP contribution in [0.15, 0.2) is 85.5 Å². The van der Waals surface area contributed by atoms with Gasteiger partial charge in [-0.25, -0.2) is 9.48 Å². The van der Waals surface area contributed by atoms with Crippen LogP contribution in [0.2, 0.25) is 0 Å². The Bertz CT molecular complexity index is 1070. The molecule has 2 heterocycles. The normalized spacial score (nSPS) is 10.7. The molecule has 146 valence electrons. The highest BCUT2D eigenvalue weighted by molar-refractivity contribution is 5.91. The molecular formula is C22H22N6O. The van der Waals surface area contributed by atoms with E-state index < -0.39 is 0 Å². The second-order valence-corrected chi connectivity index (χ2v) is 6.79. The fourth-order valence-electron chi connectivity index (χ4n) is 3.09. The SMILES string of the molecule is CN(Cc1cnn(Cc2ccccc2)c1)C(=O)Nc1ccccc1-n1cccn1. The Morgan fingerprint density at radius 3 is 2.59 bits per heavy atom. The Labute approximate surface area is 169 Å². The van der Waals surface area contributed by atoms with E-state index in [9.17, 15) is 4.79 Å². The van der Waals surface area contributed by atoms with Crippen molar-refractivity contribution in [2.24, 2.45) is 0 Å². The molecule has 0 radical (unpaired) electrons. The molecule has 2 amide bonds. The summed E-state index contributed by atoms with van der Waals surface area (Å²) in [6, 6.07) is 19.4. The zero-order chi connectivity index (χ0) is 20.1. The number of nitrogens with one attached hydrogen (secondary N) is 1. The van der Waals surface area contributed by atoms with Gasteiger partial charge in [0.15, 0.2) is 0 Å². The molecule has 0 unspecified atom stereocenters. The lowest BCUT2D eigenvalue weighted by atomic mass is 10.2. The van der Waals surface area contributed by atoms with Crippen LogP contribution >= 0.6 is 0 Å². The third kappa shape index (κ3) is 4.52. The van der Waals surface area contributed by atoms with E-state index in [4.69, 9.17) is 0 Å². The number of aromatic nitrogens is 4. The van der Waals surface area contributed by atoms with Crippen LogP contribution in [-0.4, -0.2) is 37.5 Å². The maximum Gasteiger partial charge on any atom is 0.321 e. The molecule has 0 aliphatic carbocycles. The monoisotopic (exact) mass is 386 g/mol. The van der Waals surface area contributed by atoms with Crippen LogP contribution < -0.4 is 5.32 Å². The Kier molecular flexibility index (Phi) is 5.38. The number of urea groups is 1. The third-order valence-electron chi connectivity index (χ3n) is 4.54. The van der Waals surface area contributed by atoms with Crippen LogP contribution in [0.4, 0.5) is 10.5 Å². The number of anilines is 1. The van der Waals surface area contributed by atoms with Crippen molar-refractivity contribution in [2.75, 3.05) is 12.4 Å². The number of hydrogen-bond acceptors (Lipinski definition) is 3. The molecule has 1 N–H and O–H groups in total. The summed E-state index contributed by atoms with van der Waals surface area (Å²) >= 11 is 0. The second kappa shape index (κ2) is 8.43. The van der Waals surface area contributed by atoms with Gasteiger partial charge in [-0.15, -0.1) is 0 Å². The van der Waals surface area contributed by atoms with Gasteiger partial charge in [0.25, 0.3) is 0 Å². The molecule has 0 aliphatic rings. The molecule has 0 aliphatic heterocycles. The molecule has 7 nitrogen and oxygen atoms in total. The second-order valence-electron chi connectivity index (χ2n) is 6.79. The van der Waals surface area contributed by atoms with Gasteiger partial charge in [0.05, 0.1) is 30.7 Å². The average Bonchev–Trinajstić information content (AvgIpc) is 3.41. The summed E-state index contributed by atoms with van der Waals surface area (Å²) in [6.45, 7) is 1.17. The summed E-state index contributed by atoms with van der Waals surface area (Å²) in [5.74, 6) is 0. The number of rotatable bonds is 6. The number of nitrogens with zero attached hydrogens (tertiary/aromatic N) is 5. The first-order chi connectivity index (χ1) is 14.2. The van der Waals surface area contributed by atoms with Gasteiger partial charge in [0, 0.05) is 31.2 Å². The van der Waals surface area contributed by atoms with Gasteiger partial charge in [-0.2, -0.15) is 10.2 Å². The molecule has 0 fully saturated rings. The Morgan fingerprint density at radius 1 is 1.00 bits per heavy atom. The summed E-state index contributed by atoms with van der Waals surface area (Å²) in [5.41, 5.74) is 3.67. The van der Waals surface area contributed by atoms with E-state index >= 15 is 0 Å². The number of carbonyl (C=O) groups excluding carboxylic acids is 1. The van der Waals surface area contributed by atoms with Crippen LogP contribution in [0.5, 0.6) is 0 Å². The quantitative estimate of drug-likeness (QED) is 0.548. The minimum Gasteiger partial charge on any atom is -0.323 e. The minimum atomic E-state index is -0.194. The van der Waals surface area contributed by atoms with Gasteiger partial charge in [-0.3, -0.25) is 4.68 Å². The lowest BCUT2D eigenvalue weighted by Crippen LogP contribution is -2.31. The molecule has 4 aromatic rings. The summed E-state index contributed by atoms with van der Waals surface area (Å²) in [4.78, 5) is 14.3. The maximum atomic E-state index is 12.7. The largest absolute Gasteiger partial charge is 0.323 e. The highest BCUT2D eigenvalue weighted by Crippen LogP contribution is 2.19. The fraction of sp³-hybridized carbons (Fsp3) is 0.136. The molecule has 4 rings (SSSR count). The molecule has 0 bridgehead atoms. The number of benzene rings is 2. The van der Waals surface area contributed by atoms with Crippen molar-refractivity contribution in [2.45, 2.75) is 13.1 Å². The smallest absolute Gasteiger partial charge is 0.321 e. The van der Waals surface area contributed by atoms with Crippen molar-refractivity contribution < 1.29 is 4.79 Å². The van der Waals surface area contributed by atoms with E-state index in [-0.39, 0.29) is 6.03 Å². The van der Waals surface area contributed by atoms with Crippen molar-refractivity contribution in [1.82, 2.24) is 24.5 Å². The van der Waals surface area contributed by atoms with Gasteiger partial charge < -0.3 is 10.2 Å². The molecule has 29 heavy (non-hydrogen) atoms. The van der Waals surface area contributed by atoms with Crippen molar-refractivity contribution in [3.8, 4) is 5.69 Å². The predicted octanol–water partition coefficient (Wildman–Crippen LogP) is 3.78. The van der Waals surface area contributed by atoms with Crippen molar-refractivity contribution in [3.63, 3.8) is 0 Å². The molecule has 2 aromatic carbocycles. The van der Waals surface area contributed by atoms with E-state index in [0.717, 1.165) is 11.3 Å². The Morgan fingerprint density at radius 2 is 1.79 bits per heavy atom. The first-order valence-electron chi connectivity index (χ1n) is 9.35. The van der Waals surface area contributed by atoms with E-state index in [1.807, 2.05) is 65.6 Å². The average molecular weight is 386 g/mol. The standard InChI is InChI=1S/C22H22N6O/c1-26(15-19-14-24-27(17-19)16-18-8-3-2-4-9-18)22(29)25-20-10-5-6-11-21(20)28-13-7-12-23-28/h2-14,17H,15-16H2,1H3,(H,25,29). The van der Waals surface area contributed by atoms with Crippen LogP contribution in [0, 0.1) is 0 Å². The van der Waals surface area contributed by atoms with Gasteiger partial charge in [0.2, 0.25) is 0 Å². The summed E-state index contributed by atoms with van der Waals surface area (Å²) in [7, 11) is 1.76. The molecule has 0 saturated carbocycles. The van der Waals surface area contributed by atoms with Gasteiger partial charge in [0.1, 0.15) is 0 Å². The third-order valence-corrected chi connectivity index (χ3v) is 4.54. The summed E-state index contributed by atoms with van der Waals surface area (Å²) in [5, 5.41) is 11.6. The van der Waals surface area contributed by atoms with E-state index in [0.29, 0.717) is 18.8 Å². The highest BCUT2D eigenvalue weighted by Gasteiger charge is 2.13. The molecule has 0 atom stereocenters. The highest BCUT2D eigenvalue weighted by atomic mass is 16.2. The first-order valence-corrected chi connectivity index (χ1v) is 9.35. The zero-order valence-electron chi connectivity index (χ0n) is 16.1. The lowest BCUT2D eigenvalue weighted by molar-refractivity contribution is 0.220. The van der Waals surface area contributed by atoms with Gasteiger partial charge in [-0.05, 0) is 23.8 Å². The number of hydrogen-bond donors (Lipinski definition) is 1. The van der Waals surface area contributed by atoms with Crippen LogP contribution in [0.25, 0.3) is 5.69 Å². The molecular weight excluding hydrogens is 364 g/mol. The number of amides is 2. The van der Waals surface area contributed by atoms with Crippen molar-refractivity contribution >= 4 is 11.7 Å². The maximum absolute atomic E-state index is 12.7. The molecule has 2 aromatic heterocycles. The topological polar surface area (TPSA) is 68.0 Å². The van der Waals surface area contributed by atoms with Crippen molar-refractivity contribution in [1.29, 1.82) is 0 Å². The summed E-state index contributed by atoms with van der Waals surface area (Å²) < 4.78 is 3.60. The van der Waals surface area contributed by atoms with E-state index in [1.165, 1.54) is 5.56 Å². The van der Waals surface area contributed by atoms with Gasteiger partial charge >= 0.3 is 6.03 Å². The minimum absolute atomic E-state index is 0.194. The summed E-state index contributed by atoms with van der Waals surface area (Å²) in [6.07, 6.45) is 7.31. The molecule has 0 saturated heterocycles. The van der Waals surface area contributed by atoms with E-state index in [1.54, 1.807) is 29.0 Å². The zero-order valence-corrected chi connectivity index (χ0v) is 16.1. The fourth-order valence-corrected chi connectivity index (χ4v) is 3.09.